The predicted molar refractivity (Wildman–Crippen MR) is 91.1 cm³/mol. The second kappa shape index (κ2) is 9.38. The van der Waals surface area contributed by atoms with Gasteiger partial charge in [0.05, 0.1) is 0 Å². The van der Waals surface area contributed by atoms with E-state index in [4.69, 9.17) is 16.3 Å². The Hall–Kier alpha value is 0.430. The Kier molecular flexibility index (Phi) is 8.63. The highest BCUT2D eigenvalue weighted by Crippen LogP contribution is 2.33. The second-order valence-corrected chi connectivity index (χ2v) is 6.33. The summed E-state index contributed by atoms with van der Waals surface area (Å²) in [6.45, 7) is 3.81. The van der Waals surface area contributed by atoms with Crippen molar-refractivity contribution in [2.75, 3.05) is 23.9 Å². The lowest BCUT2D eigenvalue weighted by Crippen LogP contribution is -2.32. The highest BCUT2D eigenvalue weighted by atomic mass is 79.9. The van der Waals surface area contributed by atoms with Crippen LogP contribution in [0, 0.1) is 0 Å². The van der Waals surface area contributed by atoms with Gasteiger partial charge in [0.15, 0.2) is 0 Å². The van der Waals surface area contributed by atoms with Crippen molar-refractivity contribution in [2.24, 2.45) is 0 Å². The Morgan fingerprint density at radius 3 is 2.53 bits per heavy atom. The van der Waals surface area contributed by atoms with Crippen molar-refractivity contribution in [1.29, 1.82) is 0 Å². The molecule has 0 aromatic heterocycles. The van der Waals surface area contributed by atoms with Crippen LogP contribution in [0.2, 0.25) is 5.02 Å². The van der Waals surface area contributed by atoms with Crippen LogP contribution in [0.4, 0.5) is 0 Å². The van der Waals surface area contributed by atoms with E-state index in [0.717, 1.165) is 41.7 Å². The monoisotopic (exact) mass is 410 g/mol. The zero-order chi connectivity index (χ0) is 14.1. The molecular weight excluding hydrogens is 391 g/mol. The standard InChI is InChI=1S/C15H21Br2ClO/c1-2-3-8-19-9-7-15(11-16,12-17)13-5-4-6-14(18)10-13/h4-6,10H,2-3,7-9,11-12H2,1H3. The van der Waals surface area contributed by atoms with Crippen LogP contribution in [0.3, 0.4) is 0 Å². The first-order valence-corrected chi connectivity index (χ1v) is 9.26. The number of hydrogen-bond donors (Lipinski definition) is 0. The average molecular weight is 413 g/mol. The molecule has 1 rings (SSSR count). The fourth-order valence-corrected chi connectivity index (χ4v) is 4.23. The Morgan fingerprint density at radius 1 is 1.21 bits per heavy atom. The lowest BCUT2D eigenvalue weighted by Gasteiger charge is -2.31. The molecule has 4 heteroatoms. The summed E-state index contributed by atoms with van der Waals surface area (Å²) < 4.78 is 5.71. The maximum atomic E-state index is 6.11. The minimum absolute atomic E-state index is 0.0388. The Labute approximate surface area is 138 Å². The summed E-state index contributed by atoms with van der Waals surface area (Å²) in [6, 6.07) is 8.11. The minimum Gasteiger partial charge on any atom is -0.381 e. The highest BCUT2D eigenvalue weighted by Gasteiger charge is 2.30. The first-order chi connectivity index (χ1) is 9.18. The first kappa shape index (κ1) is 17.5. The van der Waals surface area contributed by atoms with Crippen LogP contribution in [0.5, 0.6) is 0 Å². The smallest absolute Gasteiger partial charge is 0.0475 e. The predicted octanol–water partition coefficient (Wildman–Crippen LogP) is 5.57. The van der Waals surface area contributed by atoms with Crippen molar-refractivity contribution in [3.8, 4) is 0 Å². The van der Waals surface area contributed by atoms with Gasteiger partial charge in [0, 0.05) is 34.3 Å². The van der Waals surface area contributed by atoms with E-state index < -0.39 is 0 Å². The van der Waals surface area contributed by atoms with Crippen molar-refractivity contribution >= 4 is 43.5 Å². The summed E-state index contributed by atoms with van der Waals surface area (Å²) >= 11 is 13.4. The van der Waals surface area contributed by atoms with Crippen LogP contribution in [-0.4, -0.2) is 23.9 Å². The van der Waals surface area contributed by atoms with Crippen LogP contribution in [-0.2, 0) is 10.2 Å². The molecule has 0 spiro atoms. The van der Waals surface area contributed by atoms with E-state index in [9.17, 15) is 0 Å². The zero-order valence-corrected chi connectivity index (χ0v) is 15.2. The van der Waals surface area contributed by atoms with Crippen molar-refractivity contribution in [3.63, 3.8) is 0 Å². The Morgan fingerprint density at radius 2 is 1.95 bits per heavy atom. The second-order valence-electron chi connectivity index (χ2n) is 4.77. The van der Waals surface area contributed by atoms with Gasteiger partial charge in [-0.1, -0.05) is 68.9 Å². The van der Waals surface area contributed by atoms with Gasteiger partial charge < -0.3 is 4.74 Å². The van der Waals surface area contributed by atoms with Gasteiger partial charge in [0.2, 0.25) is 0 Å². The number of alkyl halides is 2. The molecule has 108 valence electrons. The summed E-state index contributed by atoms with van der Waals surface area (Å²) in [5.41, 5.74) is 1.30. The van der Waals surface area contributed by atoms with E-state index in [2.05, 4.69) is 50.9 Å². The fraction of sp³-hybridized carbons (Fsp3) is 0.600. The molecule has 1 nitrogen and oxygen atoms in total. The van der Waals surface area contributed by atoms with Gasteiger partial charge in [0.25, 0.3) is 0 Å². The first-order valence-electron chi connectivity index (χ1n) is 6.64. The van der Waals surface area contributed by atoms with E-state index in [0.29, 0.717) is 0 Å². The average Bonchev–Trinajstić information content (AvgIpc) is 2.43. The van der Waals surface area contributed by atoms with Crippen LogP contribution < -0.4 is 0 Å². The molecule has 0 aliphatic carbocycles. The van der Waals surface area contributed by atoms with Crippen LogP contribution in [0.25, 0.3) is 0 Å². The molecule has 1 aromatic carbocycles. The number of hydrogen-bond acceptors (Lipinski definition) is 1. The quantitative estimate of drug-likeness (QED) is 0.380. The molecule has 0 saturated heterocycles. The summed E-state index contributed by atoms with van der Waals surface area (Å²) in [7, 11) is 0. The molecule has 1 aromatic rings. The molecule has 0 radical (unpaired) electrons. The maximum absolute atomic E-state index is 6.11. The molecule has 19 heavy (non-hydrogen) atoms. The molecule has 0 saturated carbocycles. The Balaban J connectivity index is 2.68. The zero-order valence-electron chi connectivity index (χ0n) is 11.3. The normalized spacial score (nSPS) is 11.8. The summed E-state index contributed by atoms with van der Waals surface area (Å²) in [5, 5.41) is 2.57. The number of unbranched alkanes of at least 4 members (excludes halogenated alkanes) is 1. The molecular formula is C15H21Br2ClO. The highest BCUT2D eigenvalue weighted by molar-refractivity contribution is 9.09. The van der Waals surface area contributed by atoms with Gasteiger partial charge in [-0.15, -0.1) is 0 Å². The van der Waals surface area contributed by atoms with E-state index >= 15 is 0 Å². The molecule has 0 aliphatic rings. The largest absolute Gasteiger partial charge is 0.381 e. The van der Waals surface area contributed by atoms with Crippen LogP contribution in [0.15, 0.2) is 24.3 Å². The third-order valence-electron chi connectivity index (χ3n) is 3.32. The van der Waals surface area contributed by atoms with Gasteiger partial charge in [-0.3, -0.25) is 0 Å². The summed E-state index contributed by atoms with van der Waals surface area (Å²) in [4.78, 5) is 0. The lowest BCUT2D eigenvalue weighted by atomic mass is 9.82. The van der Waals surface area contributed by atoms with Gasteiger partial charge in [-0.25, -0.2) is 0 Å². The number of ether oxygens (including phenoxy) is 1. The lowest BCUT2D eigenvalue weighted by molar-refractivity contribution is 0.117. The molecule has 0 fully saturated rings. The fourth-order valence-electron chi connectivity index (χ4n) is 1.90. The van der Waals surface area contributed by atoms with Crippen molar-refractivity contribution in [2.45, 2.75) is 31.6 Å². The van der Waals surface area contributed by atoms with Crippen molar-refractivity contribution in [1.82, 2.24) is 0 Å². The maximum Gasteiger partial charge on any atom is 0.0475 e. The van der Waals surface area contributed by atoms with E-state index in [-0.39, 0.29) is 5.41 Å². The molecule has 0 aliphatic heterocycles. The van der Waals surface area contributed by atoms with E-state index in [1.807, 2.05) is 12.1 Å². The topological polar surface area (TPSA) is 9.23 Å². The summed E-state index contributed by atoms with van der Waals surface area (Å²) in [5.74, 6) is 0. The molecule has 0 amide bonds. The van der Waals surface area contributed by atoms with E-state index in [1.165, 1.54) is 12.0 Å². The van der Waals surface area contributed by atoms with Gasteiger partial charge in [-0.05, 0) is 30.5 Å². The molecule has 0 unspecified atom stereocenters. The van der Waals surface area contributed by atoms with Crippen LogP contribution in [0.1, 0.15) is 31.7 Å². The summed E-state index contributed by atoms with van der Waals surface area (Å²) in [6.07, 6.45) is 3.29. The Bertz CT molecular complexity index is 367. The van der Waals surface area contributed by atoms with Crippen molar-refractivity contribution < 1.29 is 4.74 Å². The number of halogens is 3. The van der Waals surface area contributed by atoms with Crippen LogP contribution >= 0.6 is 43.5 Å². The van der Waals surface area contributed by atoms with E-state index in [1.54, 1.807) is 0 Å². The molecule has 0 N–H and O–H groups in total. The SMILES string of the molecule is CCCCOCCC(CBr)(CBr)c1cccc(Cl)c1. The molecule has 0 heterocycles. The number of rotatable bonds is 9. The molecule has 0 atom stereocenters. The number of benzene rings is 1. The van der Waals surface area contributed by atoms with Gasteiger partial charge in [-0.2, -0.15) is 0 Å². The van der Waals surface area contributed by atoms with Crippen molar-refractivity contribution in [3.05, 3.63) is 34.9 Å². The third-order valence-corrected chi connectivity index (χ3v) is 5.70. The minimum atomic E-state index is 0.0388. The van der Waals surface area contributed by atoms with Gasteiger partial charge in [0.1, 0.15) is 0 Å². The van der Waals surface area contributed by atoms with Gasteiger partial charge >= 0.3 is 0 Å². The molecule has 0 bridgehead atoms. The third kappa shape index (κ3) is 5.37.